The van der Waals surface area contributed by atoms with E-state index >= 15 is 0 Å². The Bertz CT molecular complexity index is 967. The van der Waals surface area contributed by atoms with Crippen molar-refractivity contribution in [1.29, 1.82) is 0 Å². The van der Waals surface area contributed by atoms with Crippen LogP contribution < -0.4 is 20.1 Å². The highest BCUT2D eigenvalue weighted by atomic mass is 16.5. The van der Waals surface area contributed by atoms with Gasteiger partial charge in [-0.05, 0) is 36.4 Å². The van der Waals surface area contributed by atoms with Crippen LogP contribution in [-0.4, -0.2) is 26.0 Å². The average molecular weight is 380 g/mol. The molecule has 0 radical (unpaired) electrons. The highest BCUT2D eigenvalue weighted by Crippen LogP contribution is 2.26. The number of carbonyl (C=O) groups is 2. The van der Waals surface area contributed by atoms with Gasteiger partial charge in [-0.3, -0.25) is 9.59 Å². The van der Waals surface area contributed by atoms with Gasteiger partial charge in [0.05, 0.1) is 43.8 Å². The summed E-state index contributed by atoms with van der Waals surface area (Å²) in [4.78, 5) is 25.3. The van der Waals surface area contributed by atoms with Crippen LogP contribution in [0.2, 0.25) is 0 Å². The number of nitrogens with one attached hydrogen (secondary N) is 2. The number of methoxy groups -OCH3 is 2. The fourth-order valence-corrected chi connectivity index (χ4v) is 2.64. The molecule has 2 aromatic carbocycles. The molecule has 7 heteroatoms. The second kappa shape index (κ2) is 8.77. The Hall–Kier alpha value is -3.74. The first-order valence-corrected chi connectivity index (χ1v) is 8.55. The zero-order valence-electron chi connectivity index (χ0n) is 15.5. The SMILES string of the molecule is COc1ccc(C(=O)Nc2ccccc2C(=O)NCc2ccco2)c(OC)c1. The quantitative estimate of drug-likeness (QED) is 0.655. The lowest BCUT2D eigenvalue weighted by molar-refractivity contribution is 0.0949. The van der Waals surface area contributed by atoms with Crippen LogP contribution in [0.3, 0.4) is 0 Å². The molecule has 0 saturated heterocycles. The number of hydrogen-bond donors (Lipinski definition) is 2. The van der Waals surface area contributed by atoms with Gasteiger partial charge >= 0.3 is 0 Å². The van der Waals surface area contributed by atoms with Crippen LogP contribution in [0.5, 0.6) is 11.5 Å². The lowest BCUT2D eigenvalue weighted by atomic mass is 10.1. The fourth-order valence-electron chi connectivity index (χ4n) is 2.64. The lowest BCUT2D eigenvalue weighted by Gasteiger charge is -2.13. The topological polar surface area (TPSA) is 89.8 Å². The first kappa shape index (κ1) is 19.0. The monoisotopic (exact) mass is 380 g/mol. The number of ether oxygens (including phenoxy) is 2. The largest absolute Gasteiger partial charge is 0.497 e. The summed E-state index contributed by atoms with van der Waals surface area (Å²) in [6.45, 7) is 0.250. The summed E-state index contributed by atoms with van der Waals surface area (Å²) in [5.74, 6) is 0.861. The molecule has 28 heavy (non-hydrogen) atoms. The zero-order chi connectivity index (χ0) is 19.9. The summed E-state index contributed by atoms with van der Waals surface area (Å²) < 4.78 is 15.6. The second-order valence-corrected chi connectivity index (χ2v) is 5.83. The van der Waals surface area contributed by atoms with E-state index < -0.39 is 5.91 Å². The van der Waals surface area contributed by atoms with Crippen LogP contribution >= 0.6 is 0 Å². The number of amides is 2. The predicted molar refractivity (Wildman–Crippen MR) is 104 cm³/mol. The van der Waals surface area contributed by atoms with E-state index in [1.165, 1.54) is 20.5 Å². The van der Waals surface area contributed by atoms with Crippen LogP contribution in [0.4, 0.5) is 5.69 Å². The minimum Gasteiger partial charge on any atom is -0.497 e. The van der Waals surface area contributed by atoms with Gasteiger partial charge in [-0.25, -0.2) is 0 Å². The van der Waals surface area contributed by atoms with Crippen molar-refractivity contribution in [2.75, 3.05) is 19.5 Å². The van der Waals surface area contributed by atoms with Gasteiger partial charge < -0.3 is 24.5 Å². The van der Waals surface area contributed by atoms with Gasteiger partial charge in [0.2, 0.25) is 0 Å². The van der Waals surface area contributed by atoms with Crippen molar-refractivity contribution in [3.05, 3.63) is 77.7 Å². The first-order valence-electron chi connectivity index (χ1n) is 8.55. The zero-order valence-corrected chi connectivity index (χ0v) is 15.5. The summed E-state index contributed by atoms with van der Waals surface area (Å²) in [6, 6.07) is 15.2. The van der Waals surface area contributed by atoms with E-state index in [4.69, 9.17) is 13.9 Å². The normalized spacial score (nSPS) is 10.2. The second-order valence-electron chi connectivity index (χ2n) is 5.83. The van der Waals surface area contributed by atoms with Crippen LogP contribution in [0, 0.1) is 0 Å². The fraction of sp³-hybridized carbons (Fsp3) is 0.143. The maximum atomic E-state index is 12.7. The minimum atomic E-state index is -0.397. The Morgan fingerprint density at radius 3 is 2.46 bits per heavy atom. The van der Waals surface area contributed by atoms with Crippen molar-refractivity contribution in [1.82, 2.24) is 5.32 Å². The van der Waals surface area contributed by atoms with Gasteiger partial charge in [0.1, 0.15) is 17.3 Å². The molecule has 3 aromatic rings. The lowest BCUT2D eigenvalue weighted by Crippen LogP contribution is -2.24. The van der Waals surface area contributed by atoms with E-state index in [1.54, 1.807) is 54.6 Å². The molecule has 3 rings (SSSR count). The molecule has 0 aliphatic heterocycles. The standard InChI is InChI=1S/C21H20N2O5/c1-26-14-9-10-17(19(12-14)27-2)21(25)23-18-8-4-3-7-16(18)20(24)22-13-15-6-5-11-28-15/h3-12H,13H2,1-2H3,(H,22,24)(H,23,25). The highest BCUT2D eigenvalue weighted by Gasteiger charge is 2.17. The highest BCUT2D eigenvalue weighted by molar-refractivity contribution is 6.10. The van der Waals surface area contributed by atoms with Crippen molar-refractivity contribution >= 4 is 17.5 Å². The van der Waals surface area contributed by atoms with E-state index in [2.05, 4.69) is 10.6 Å². The van der Waals surface area contributed by atoms with Gasteiger partial charge in [-0.15, -0.1) is 0 Å². The van der Waals surface area contributed by atoms with Gasteiger partial charge in [0.15, 0.2) is 0 Å². The third kappa shape index (κ3) is 4.32. The number of para-hydroxylation sites is 1. The first-order chi connectivity index (χ1) is 13.6. The van der Waals surface area contributed by atoms with E-state index in [1.807, 2.05) is 0 Å². The summed E-state index contributed by atoms with van der Waals surface area (Å²) in [6.07, 6.45) is 1.54. The molecule has 0 saturated carbocycles. The molecule has 7 nitrogen and oxygen atoms in total. The molecule has 0 spiro atoms. The molecule has 0 fully saturated rings. The van der Waals surface area contributed by atoms with Gasteiger partial charge in [0, 0.05) is 6.07 Å². The molecular formula is C21H20N2O5. The predicted octanol–water partition coefficient (Wildman–Crippen LogP) is 3.48. The van der Waals surface area contributed by atoms with E-state index in [9.17, 15) is 9.59 Å². The Morgan fingerprint density at radius 1 is 0.929 bits per heavy atom. The van der Waals surface area contributed by atoms with E-state index in [-0.39, 0.29) is 12.5 Å². The molecule has 0 bridgehead atoms. The molecule has 2 amide bonds. The number of furan rings is 1. The third-order valence-corrected chi connectivity index (χ3v) is 4.08. The minimum absolute atomic E-state index is 0.250. The number of benzene rings is 2. The Balaban J connectivity index is 1.77. The summed E-state index contributed by atoms with van der Waals surface area (Å²) in [7, 11) is 3.01. The Kier molecular flexibility index (Phi) is 5.96. The molecule has 0 aliphatic carbocycles. The van der Waals surface area contributed by atoms with Gasteiger partial charge in [-0.1, -0.05) is 12.1 Å². The number of hydrogen-bond acceptors (Lipinski definition) is 5. The molecular weight excluding hydrogens is 360 g/mol. The molecule has 0 unspecified atom stereocenters. The summed E-state index contributed by atoms with van der Waals surface area (Å²) >= 11 is 0. The van der Waals surface area contributed by atoms with Gasteiger partial charge in [-0.2, -0.15) is 0 Å². The van der Waals surface area contributed by atoms with Crippen molar-refractivity contribution < 1.29 is 23.5 Å². The van der Waals surface area contributed by atoms with Crippen molar-refractivity contribution in [2.45, 2.75) is 6.54 Å². The smallest absolute Gasteiger partial charge is 0.259 e. The molecule has 1 aromatic heterocycles. The Labute approximate surface area is 162 Å². The third-order valence-electron chi connectivity index (χ3n) is 4.08. The van der Waals surface area contributed by atoms with Gasteiger partial charge in [0.25, 0.3) is 11.8 Å². The molecule has 0 atom stereocenters. The molecule has 144 valence electrons. The Morgan fingerprint density at radius 2 is 1.75 bits per heavy atom. The van der Waals surface area contributed by atoms with E-state index in [0.29, 0.717) is 34.1 Å². The summed E-state index contributed by atoms with van der Waals surface area (Å²) in [5.41, 5.74) is 1.06. The number of rotatable bonds is 7. The van der Waals surface area contributed by atoms with Crippen LogP contribution in [-0.2, 0) is 6.54 Å². The van der Waals surface area contributed by atoms with Crippen LogP contribution in [0.15, 0.2) is 65.3 Å². The maximum absolute atomic E-state index is 12.7. The van der Waals surface area contributed by atoms with Crippen molar-refractivity contribution in [3.63, 3.8) is 0 Å². The summed E-state index contributed by atoms with van der Waals surface area (Å²) in [5, 5.41) is 5.54. The van der Waals surface area contributed by atoms with Crippen LogP contribution in [0.25, 0.3) is 0 Å². The number of carbonyl (C=O) groups excluding carboxylic acids is 2. The van der Waals surface area contributed by atoms with Crippen molar-refractivity contribution in [3.8, 4) is 11.5 Å². The van der Waals surface area contributed by atoms with Crippen molar-refractivity contribution in [2.24, 2.45) is 0 Å². The molecule has 2 N–H and O–H groups in total. The number of anilines is 1. The molecule has 1 heterocycles. The van der Waals surface area contributed by atoms with E-state index in [0.717, 1.165) is 0 Å². The van der Waals surface area contributed by atoms with Crippen LogP contribution in [0.1, 0.15) is 26.5 Å². The molecule has 0 aliphatic rings. The average Bonchev–Trinajstić information content (AvgIpc) is 3.25. The maximum Gasteiger partial charge on any atom is 0.259 e.